The van der Waals surface area contributed by atoms with Gasteiger partial charge in [-0.15, -0.1) is 0 Å². The topological polar surface area (TPSA) is 152 Å². The summed E-state index contributed by atoms with van der Waals surface area (Å²) in [5.74, 6) is 0.342. The Balaban J connectivity index is 2.17. The van der Waals surface area contributed by atoms with Gasteiger partial charge in [0.15, 0.2) is 6.29 Å². The van der Waals surface area contributed by atoms with Gasteiger partial charge in [0.2, 0.25) is 0 Å². The Morgan fingerprint density at radius 2 is 2.16 bits per heavy atom. The molecule has 0 bridgehead atoms. The molecule has 240 valence electrons. The molecule has 0 spiro atoms. The van der Waals surface area contributed by atoms with Gasteiger partial charge in [-0.1, -0.05) is 38.3 Å². The lowest BCUT2D eigenvalue weighted by Gasteiger charge is -2.30. The molecule has 2 rings (SSSR count). The van der Waals surface area contributed by atoms with Crippen LogP contribution in [0, 0.1) is 11.3 Å². The van der Waals surface area contributed by atoms with Crippen LogP contribution in [-0.4, -0.2) is 106 Å². The van der Waals surface area contributed by atoms with E-state index >= 15 is 0 Å². The second kappa shape index (κ2) is 20.1. The van der Waals surface area contributed by atoms with Gasteiger partial charge >= 0.3 is 6.03 Å². The highest BCUT2D eigenvalue weighted by molar-refractivity contribution is 5.89. The van der Waals surface area contributed by atoms with Gasteiger partial charge in [0.25, 0.3) is 0 Å². The first-order valence-electron chi connectivity index (χ1n) is 15.3. The smallest absolute Gasteiger partial charge is 0.323 e. The molecule has 1 fully saturated rings. The first-order chi connectivity index (χ1) is 21.3. The number of hydrogen-bond acceptors (Lipinski definition) is 10. The average molecular weight is 609 g/mol. The molecule has 2 atom stereocenters. The van der Waals surface area contributed by atoms with Gasteiger partial charge in [0, 0.05) is 52.1 Å². The second-order valence-corrected chi connectivity index (χ2v) is 10.9. The molecule has 12 heteroatoms. The highest BCUT2D eigenvalue weighted by atomic mass is 16.5. The Morgan fingerprint density at radius 1 is 1.36 bits per heavy atom. The van der Waals surface area contributed by atoms with Crippen LogP contribution in [0.2, 0.25) is 0 Å². The van der Waals surface area contributed by atoms with Gasteiger partial charge in [-0.3, -0.25) is 15.1 Å². The summed E-state index contributed by atoms with van der Waals surface area (Å²) in [6.07, 6.45) is 10.3. The molecule has 1 aromatic heterocycles. The van der Waals surface area contributed by atoms with E-state index in [1.165, 1.54) is 6.20 Å². The minimum absolute atomic E-state index is 0.00499. The summed E-state index contributed by atoms with van der Waals surface area (Å²) in [5, 5.41) is 19.1. The zero-order valence-corrected chi connectivity index (χ0v) is 26.6. The number of likely N-dealkylation sites (N-methyl/N-ethyl adjacent to an activating group) is 1. The van der Waals surface area contributed by atoms with Crippen LogP contribution in [0.1, 0.15) is 57.9 Å². The van der Waals surface area contributed by atoms with Crippen LogP contribution in [0.15, 0.2) is 40.2 Å². The van der Waals surface area contributed by atoms with Crippen molar-refractivity contribution in [1.82, 2.24) is 20.1 Å². The number of unbranched alkanes of at least 4 members (excludes halogenated alkanes) is 1. The summed E-state index contributed by atoms with van der Waals surface area (Å²) in [6.45, 7) is 10.7. The molecule has 2 heterocycles. The molecule has 2 unspecified atom stereocenters. The van der Waals surface area contributed by atoms with Crippen molar-refractivity contribution < 1.29 is 19.1 Å². The Bertz CT molecular complexity index is 1200. The van der Waals surface area contributed by atoms with Crippen LogP contribution < -0.4 is 16.0 Å². The maximum atomic E-state index is 13.3. The number of aromatic nitrogens is 1. The predicted octanol–water partition coefficient (Wildman–Crippen LogP) is 3.78. The number of piperidine rings is 1. The molecule has 0 saturated carbocycles. The summed E-state index contributed by atoms with van der Waals surface area (Å²) in [7, 11) is 3.62. The van der Waals surface area contributed by atoms with E-state index in [-0.39, 0.29) is 30.4 Å². The van der Waals surface area contributed by atoms with Crippen molar-refractivity contribution in [2.24, 2.45) is 4.99 Å². The van der Waals surface area contributed by atoms with Crippen LogP contribution in [0.5, 0.6) is 0 Å². The third kappa shape index (κ3) is 11.6. The molecule has 1 aliphatic heterocycles. The molecule has 1 saturated heterocycles. The molecular weight excluding hydrogens is 560 g/mol. The monoisotopic (exact) mass is 608 g/mol. The number of methoxy groups -OCH3 is 1. The van der Waals surface area contributed by atoms with Crippen molar-refractivity contribution in [3.05, 3.63) is 40.7 Å². The van der Waals surface area contributed by atoms with E-state index in [1.807, 2.05) is 18.0 Å². The van der Waals surface area contributed by atoms with Gasteiger partial charge < -0.3 is 30.0 Å². The molecule has 1 aliphatic rings. The number of rotatable bonds is 19. The van der Waals surface area contributed by atoms with E-state index in [0.29, 0.717) is 61.7 Å². The van der Waals surface area contributed by atoms with E-state index in [9.17, 15) is 19.6 Å². The number of carbonyl (C=O) groups excluding carboxylic acids is 3. The van der Waals surface area contributed by atoms with Crippen LogP contribution in [0.4, 0.5) is 16.3 Å². The number of urea groups is 1. The van der Waals surface area contributed by atoms with Crippen molar-refractivity contribution in [1.29, 1.82) is 5.26 Å². The Labute approximate surface area is 261 Å². The van der Waals surface area contributed by atoms with E-state index in [1.54, 1.807) is 18.1 Å². The number of aliphatic imine (C=N–C) groups is 1. The number of nitriles is 1. The lowest BCUT2D eigenvalue weighted by atomic mass is 10.0. The zero-order chi connectivity index (χ0) is 32.3. The summed E-state index contributed by atoms with van der Waals surface area (Å²) in [5.41, 5.74) is 2.95. The van der Waals surface area contributed by atoms with Gasteiger partial charge in [-0.25, -0.2) is 9.78 Å². The quantitative estimate of drug-likeness (QED) is 0.0922. The molecule has 1 aromatic rings. The average Bonchev–Trinajstić information content (AvgIpc) is 3.03. The number of ether oxygens (including phenoxy) is 1. The number of amides is 2. The first-order valence-corrected chi connectivity index (χ1v) is 15.3. The minimum Gasteiger partial charge on any atom is -0.379 e. The van der Waals surface area contributed by atoms with Crippen molar-refractivity contribution in [3.8, 4) is 6.07 Å². The molecule has 12 nitrogen and oxygen atoms in total. The molecule has 44 heavy (non-hydrogen) atoms. The van der Waals surface area contributed by atoms with Crippen LogP contribution in [-0.2, 0) is 14.3 Å². The number of nitrogens with one attached hydrogen (secondary N) is 3. The molecule has 0 radical (unpaired) electrons. The fraction of sp³-hybridized carbons (Fsp3) is 0.562. The highest BCUT2D eigenvalue weighted by Gasteiger charge is 2.23. The lowest BCUT2D eigenvalue weighted by Crippen LogP contribution is -2.40. The standard InChI is InChI=1S/C32H48N8O4/c1-6-8-11-30(44-5)27(7-2)37-28-18-31(36-20-26(28)19-33)38-32(43)40-14-9-10-24(21-40)17-25(29(23-42)34-3)22-39(4)15-12-35-13-16-41/h16-18,20,23,27,30,35H,3,6-15,21-22H2,1-2,4-5H3,(H2,36,37,38,43)/b24-17-,29-25+. The summed E-state index contributed by atoms with van der Waals surface area (Å²) < 4.78 is 5.75. The largest absolute Gasteiger partial charge is 0.379 e. The SMILES string of the molecule is C=N/C(C=O)=C(\C=C1\CCCN(C(=O)Nc2cc(NC(CC)C(CCCC)OC)c(C#N)cn2)C1)CN(C)CCNCC=O. The molecule has 0 aromatic carbocycles. The maximum Gasteiger partial charge on any atom is 0.323 e. The first kappa shape index (κ1) is 36.3. The minimum atomic E-state index is -0.301. The number of carbonyl (C=O) groups is 3. The maximum absolute atomic E-state index is 13.3. The predicted molar refractivity (Wildman–Crippen MR) is 174 cm³/mol. The van der Waals surface area contributed by atoms with Crippen molar-refractivity contribution in [3.63, 3.8) is 0 Å². The van der Waals surface area contributed by atoms with Crippen LogP contribution in [0.3, 0.4) is 0 Å². The second-order valence-electron chi connectivity index (χ2n) is 10.9. The van der Waals surface area contributed by atoms with Gasteiger partial charge in [-0.2, -0.15) is 5.26 Å². The van der Waals surface area contributed by atoms with Crippen molar-refractivity contribution in [2.45, 2.75) is 64.5 Å². The number of anilines is 2. The number of allylic oxidation sites excluding steroid dienone is 1. The number of hydrogen-bond donors (Lipinski definition) is 3. The summed E-state index contributed by atoms with van der Waals surface area (Å²) >= 11 is 0. The van der Waals surface area contributed by atoms with Gasteiger partial charge in [0.1, 0.15) is 23.9 Å². The zero-order valence-electron chi connectivity index (χ0n) is 26.6. The Kier molecular flexibility index (Phi) is 16.6. The van der Waals surface area contributed by atoms with E-state index < -0.39 is 0 Å². The fourth-order valence-electron chi connectivity index (χ4n) is 5.12. The van der Waals surface area contributed by atoms with Gasteiger partial charge in [0.05, 0.1) is 29.9 Å². The van der Waals surface area contributed by atoms with Gasteiger partial charge in [-0.05, 0) is 45.0 Å². The number of pyridine rings is 1. The van der Waals surface area contributed by atoms with Crippen LogP contribution in [0.25, 0.3) is 0 Å². The van der Waals surface area contributed by atoms with Crippen molar-refractivity contribution in [2.75, 3.05) is 64.1 Å². The third-order valence-electron chi connectivity index (χ3n) is 7.57. The van der Waals surface area contributed by atoms with E-state index in [2.05, 4.69) is 52.6 Å². The summed E-state index contributed by atoms with van der Waals surface area (Å²) in [6, 6.07) is 3.57. The van der Waals surface area contributed by atoms with E-state index in [4.69, 9.17) is 4.74 Å². The molecular formula is C32H48N8O4. The van der Waals surface area contributed by atoms with E-state index in [0.717, 1.165) is 50.4 Å². The number of likely N-dealkylation sites (tertiary alicyclic amines) is 1. The third-order valence-corrected chi connectivity index (χ3v) is 7.57. The normalized spacial score (nSPS) is 16.1. The van der Waals surface area contributed by atoms with Crippen molar-refractivity contribution >= 4 is 36.8 Å². The molecule has 3 N–H and O–H groups in total. The lowest BCUT2D eigenvalue weighted by molar-refractivity contribution is -0.107. The Hall–Kier alpha value is -3.92. The number of aldehydes is 2. The fourth-order valence-corrected chi connectivity index (χ4v) is 5.12. The summed E-state index contributed by atoms with van der Waals surface area (Å²) in [4.78, 5) is 47.5. The number of nitrogens with zero attached hydrogens (tertiary/aromatic N) is 5. The van der Waals surface area contributed by atoms with Crippen LogP contribution >= 0.6 is 0 Å². The highest BCUT2D eigenvalue weighted by Crippen LogP contribution is 2.24. The molecule has 2 amide bonds. The Morgan fingerprint density at radius 3 is 2.80 bits per heavy atom. The molecule has 0 aliphatic carbocycles.